The largest absolute Gasteiger partial charge is 0.343 e. The van der Waals surface area contributed by atoms with E-state index < -0.39 is 10.0 Å². The predicted molar refractivity (Wildman–Crippen MR) is 135 cm³/mol. The van der Waals surface area contributed by atoms with Gasteiger partial charge in [0.1, 0.15) is 10.7 Å². The highest BCUT2D eigenvalue weighted by Crippen LogP contribution is 2.38. The van der Waals surface area contributed by atoms with Crippen molar-refractivity contribution in [1.29, 1.82) is 0 Å². The van der Waals surface area contributed by atoms with Gasteiger partial charge in [0.2, 0.25) is 10.0 Å². The number of hydrogen-bond donors (Lipinski definition) is 0. The molecule has 0 unspecified atom stereocenters. The van der Waals surface area contributed by atoms with Crippen LogP contribution >= 0.6 is 23.2 Å². The average molecular weight is 517 g/mol. The van der Waals surface area contributed by atoms with E-state index in [-0.39, 0.29) is 26.7 Å². The molecule has 4 nitrogen and oxygen atoms in total. The number of piperidine rings is 1. The molecule has 3 aromatic carbocycles. The summed E-state index contributed by atoms with van der Waals surface area (Å²) in [4.78, 5) is -0.0246. The lowest BCUT2D eigenvalue weighted by atomic mass is 9.90. The highest BCUT2D eigenvalue weighted by atomic mass is 35.5. The maximum absolute atomic E-state index is 13.7. The van der Waals surface area contributed by atoms with E-state index in [1.165, 1.54) is 15.9 Å². The van der Waals surface area contributed by atoms with Crippen molar-refractivity contribution in [3.8, 4) is 0 Å². The third kappa shape index (κ3) is 4.36. The van der Waals surface area contributed by atoms with E-state index >= 15 is 0 Å². The summed E-state index contributed by atoms with van der Waals surface area (Å²) in [5.74, 6) is -0.0341. The fourth-order valence-electron chi connectivity index (χ4n) is 4.83. The topological polar surface area (TPSA) is 42.3 Å². The monoisotopic (exact) mass is 516 g/mol. The molecule has 0 bridgehead atoms. The Kier molecular flexibility index (Phi) is 6.42. The van der Waals surface area contributed by atoms with Crippen molar-refractivity contribution in [3.05, 3.63) is 99.9 Å². The normalized spacial score (nSPS) is 15.7. The van der Waals surface area contributed by atoms with Gasteiger partial charge in [0.15, 0.2) is 0 Å². The fraction of sp³-hybridized carbons (Fsp3) is 0.231. The molecule has 0 saturated carbocycles. The first-order valence-corrected chi connectivity index (χ1v) is 13.3. The summed E-state index contributed by atoms with van der Waals surface area (Å²) in [5, 5.41) is 1.42. The van der Waals surface area contributed by atoms with Crippen LogP contribution in [0, 0.1) is 5.82 Å². The van der Waals surface area contributed by atoms with E-state index in [1.807, 2.05) is 18.2 Å². The molecule has 0 aliphatic carbocycles. The molecule has 1 saturated heterocycles. The number of para-hydroxylation sites is 1. The highest BCUT2D eigenvalue weighted by Gasteiger charge is 2.33. The molecule has 0 atom stereocenters. The number of rotatable bonds is 5. The van der Waals surface area contributed by atoms with Crippen molar-refractivity contribution in [2.75, 3.05) is 13.1 Å². The second-order valence-electron chi connectivity index (χ2n) is 8.59. The van der Waals surface area contributed by atoms with E-state index in [1.54, 1.807) is 30.3 Å². The minimum atomic E-state index is -3.78. The van der Waals surface area contributed by atoms with E-state index in [0.29, 0.717) is 32.5 Å². The van der Waals surface area contributed by atoms with Crippen molar-refractivity contribution in [1.82, 2.24) is 8.87 Å². The van der Waals surface area contributed by atoms with Gasteiger partial charge in [0, 0.05) is 36.7 Å². The molecule has 1 fully saturated rings. The van der Waals surface area contributed by atoms with Gasteiger partial charge in [-0.1, -0.05) is 59.6 Å². The number of halogens is 3. The molecule has 34 heavy (non-hydrogen) atoms. The number of hydrogen-bond acceptors (Lipinski definition) is 2. The van der Waals surface area contributed by atoms with Crippen LogP contribution in [0.25, 0.3) is 10.9 Å². The highest BCUT2D eigenvalue weighted by molar-refractivity contribution is 7.89. The second kappa shape index (κ2) is 9.34. The first-order valence-electron chi connectivity index (χ1n) is 11.1. The van der Waals surface area contributed by atoms with Crippen LogP contribution < -0.4 is 0 Å². The molecule has 0 amide bonds. The number of sulfonamides is 1. The summed E-state index contributed by atoms with van der Waals surface area (Å²) in [6.07, 6.45) is 3.51. The SMILES string of the molecule is O=S(=O)(c1c(Cl)cccc1Cl)N1CCC(c2cn(Cc3cccc(F)c3)c3ccccc23)CC1. The molecule has 5 rings (SSSR count). The van der Waals surface area contributed by atoms with Crippen LogP contribution in [0.3, 0.4) is 0 Å². The first kappa shape index (κ1) is 23.4. The Labute approximate surface area is 208 Å². The molecule has 0 N–H and O–H groups in total. The summed E-state index contributed by atoms with van der Waals surface area (Å²) < 4.78 is 43.8. The third-order valence-corrected chi connectivity index (χ3v) is 9.33. The van der Waals surface area contributed by atoms with E-state index in [2.05, 4.69) is 22.9 Å². The average Bonchev–Trinajstić information content (AvgIpc) is 3.17. The van der Waals surface area contributed by atoms with Gasteiger partial charge in [-0.05, 0) is 60.2 Å². The molecule has 2 heterocycles. The molecule has 8 heteroatoms. The Morgan fingerprint density at radius 3 is 2.29 bits per heavy atom. The molecule has 1 aliphatic rings. The molecule has 4 aromatic rings. The standard InChI is InChI=1S/C26H23Cl2FN2O2S/c27-23-8-4-9-24(28)26(23)34(32,33)31-13-11-19(12-14-31)22-17-30(25-10-2-1-7-21(22)25)16-18-5-3-6-20(29)15-18/h1-10,15,17,19H,11-14,16H2. The summed E-state index contributed by atoms with van der Waals surface area (Å²) in [5.41, 5.74) is 3.17. The molecule has 0 spiro atoms. The van der Waals surface area contributed by atoms with Crippen molar-refractivity contribution in [2.24, 2.45) is 0 Å². The lowest BCUT2D eigenvalue weighted by molar-refractivity contribution is 0.320. The van der Waals surface area contributed by atoms with Gasteiger partial charge < -0.3 is 4.57 Å². The zero-order chi connectivity index (χ0) is 23.9. The van der Waals surface area contributed by atoms with Gasteiger partial charge in [-0.25, -0.2) is 12.8 Å². The van der Waals surface area contributed by atoms with Gasteiger partial charge in [-0.3, -0.25) is 0 Å². The minimum absolute atomic E-state index is 0.0246. The molecule has 1 aliphatic heterocycles. The molecular formula is C26H23Cl2FN2O2S. The quantitative estimate of drug-likeness (QED) is 0.296. The minimum Gasteiger partial charge on any atom is -0.343 e. The van der Waals surface area contributed by atoms with Crippen LogP contribution in [-0.4, -0.2) is 30.4 Å². The van der Waals surface area contributed by atoms with Gasteiger partial charge in [-0.15, -0.1) is 0 Å². The number of aromatic nitrogens is 1. The van der Waals surface area contributed by atoms with Crippen LogP contribution in [-0.2, 0) is 16.6 Å². The fourth-order valence-corrected chi connectivity index (χ4v) is 7.39. The lowest BCUT2D eigenvalue weighted by Crippen LogP contribution is -2.38. The Hall–Kier alpha value is -2.38. The number of nitrogens with zero attached hydrogens (tertiary/aromatic N) is 2. The number of fused-ring (bicyclic) bond motifs is 1. The number of benzene rings is 3. The van der Waals surface area contributed by atoms with Crippen LogP contribution in [0.4, 0.5) is 4.39 Å². The first-order chi connectivity index (χ1) is 16.3. The van der Waals surface area contributed by atoms with Crippen molar-refractivity contribution < 1.29 is 12.8 Å². The summed E-state index contributed by atoms with van der Waals surface area (Å²) >= 11 is 12.4. The third-order valence-electron chi connectivity index (χ3n) is 6.47. The summed E-state index contributed by atoms with van der Waals surface area (Å²) in [6, 6.07) is 19.5. The van der Waals surface area contributed by atoms with Crippen LogP contribution in [0.5, 0.6) is 0 Å². The van der Waals surface area contributed by atoms with E-state index in [4.69, 9.17) is 23.2 Å². The molecule has 0 radical (unpaired) electrons. The Morgan fingerprint density at radius 2 is 1.59 bits per heavy atom. The van der Waals surface area contributed by atoms with Crippen LogP contribution in [0.2, 0.25) is 10.0 Å². The van der Waals surface area contributed by atoms with E-state index in [0.717, 1.165) is 16.5 Å². The smallest absolute Gasteiger partial charge is 0.246 e. The van der Waals surface area contributed by atoms with Crippen molar-refractivity contribution >= 4 is 44.1 Å². The Morgan fingerprint density at radius 1 is 0.912 bits per heavy atom. The summed E-state index contributed by atoms with van der Waals surface area (Å²) in [6.45, 7) is 1.34. The lowest BCUT2D eigenvalue weighted by Gasteiger charge is -2.31. The Balaban J connectivity index is 1.40. The van der Waals surface area contributed by atoms with Gasteiger partial charge >= 0.3 is 0 Å². The zero-order valence-corrected chi connectivity index (χ0v) is 20.6. The van der Waals surface area contributed by atoms with Crippen molar-refractivity contribution in [2.45, 2.75) is 30.2 Å². The van der Waals surface area contributed by atoms with Gasteiger partial charge in [0.25, 0.3) is 0 Å². The molecular weight excluding hydrogens is 494 g/mol. The van der Waals surface area contributed by atoms with Gasteiger partial charge in [-0.2, -0.15) is 4.31 Å². The molecule has 1 aromatic heterocycles. The van der Waals surface area contributed by atoms with E-state index in [9.17, 15) is 12.8 Å². The van der Waals surface area contributed by atoms with Crippen LogP contribution in [0.15, 0.2) is 77.8 Å². The predicted octanol–water partition coefficient (Wildman–Crippen LogP) is 6.70. The second-order valence-corrected chi connectivity index (χ2v) is 11.3. The summed E-state index contributed by atoms with van der Waals surface area (Å²) in [7, 11) is -3.78. The van der Waals surface area contributed by atoms with Gasteiger partial charge in [0.05, 0.1) is 10.0 Å². The maximum atomic E-state index is 13.7. The maximum Gasteiger partial charge on any atom is 0.246 e. The molecule has 176 valence electrons. The Bertz CT molecular complexity index is 1440. The van der Waals surface area contributed by atoms with Crippen LogP contribution in [0.1, 0.15) is 29.9 Å². The van der Waals surface area contributed by atoms with Crippen molar-refractivity contribution in [3.63, 3.8) is 0 Å². The zero-order valence-electron chi connectivity index (χ0n) is 18.3.